The predicted octanol–water partition coefficient (Wildman–Crippen LogP) is 2.47. The first-order valence-corrected chi connectivity index (χ1v) is 6.75. The maximum absolute atomic E-state index is 11.9. The van der Waals surface area contributed by atoms with E-state index >= 15 is 0 Å². The zero-order valence-corrected chi connectivity index (χ0v) is 13.2. The molecule has 2 aromatic rings. The molecule has 116 valence electrons. The summed E-state index contributed by atoms with van der Waals surface area (Å²) in [4.78, 5) is 11.9. The summed E-state index contributed by atoms with van der Waals surface area (Å²) < 4.78 is 10.4. The van der Waals surface area contributed by atoms with Gasteiger partial charge in [0.2, 0.25) is 0 Å². The fourth-order valence-corrected chi connectivity index (χ4v) is 1.96. The van der Waals surface area contributed by atoms with E-state index in [4.69, 9.17) is 20.8 Å². The minimum atomic E-state index is -0.231. The summed E-state index contributed by atoms with van der Waals surface area (Å²) in [6.07, 6.45) is 0. The largest absolute Gasteiger partial charge is 0.451 e. The predicted molar refractivity (Wildman–Crippen MR) is 85.6 cm³/mol. The second kappa shape index (κ2) is 8.89. The number of hydrogen-bond acceptors (Lipinski definition) is 4. The molecule has 0 saturated carbocycles. The van der Waals surface area contributed by atoms with Crippen molar-refractivity contribution in [2.75, 3.05) is 33.4 Å². The molecule has 0 unspecified atom stereocenters. The molecule has 5 nitrogen and oxygen atoms in total. The first-order valence-electron chi connectivity index (χ1n) is 6.37. The summed E-state index contributed by atoms with van der Waals surface area (Å²) >= 11 is 5.89. The van der Waals surface area contributed by atoms with Crippen LogP contribution >= 0.6 is 24.0 Å². The van der Waals surface area contributed by atoms with Gasteiger partial charge in [-0.1, -0.05) is 11.6 Å². The summed E-state index contributed by atoms with van der Waals surface area (Å²) in [5.41, 5.74) is 0.651. The first kappa shape index (κ1) is 17.8. The van der Waals surface area contributed by atoms with Gasteiger partial charge in [0.1, 0.15) is 5.58 Å². The molecule has 0 saturated heterocycles. The number of hydrogen-bond donors (Lipinski definition) is 2. The van der Waals surface area contributed by atoms with E-state index in [1.165, 1.54) is 0 Å². The van der Waals surface area contributed by atoms with E-state index in [0.29, 0.717) is 36.1 Å². The minimum Gasteiger partial charge on any atom is -0.451 e. The molecule has 0 spiro atoms. The van der Waals surface area contributed by atoms with Gasteiger partial charge < -0.3 is 19.8 Å². The smallest absolute Gasteiger partial charge is 0.287 e. The fraction of sp³-hybridized carbons (Fsp3) is 0.357. The molecule has 0 aliphatic rings. The van der Waals surface area contributed by atoms with Crippen molar-refractivity contribution < 1.29 is 13.9 Å². The molecule has 1 aromatic carbocycles. The van der Waals surface area contributed by atoms with Crippen LogP contribution in [0.2, 0.25) is 5.02 Å². The maximum Gasteiger partial charge on any atom is 0.287 e. The van der Waals surface area contributed by atoms with E-state index in [2.05, 4.69) is 10.6 Å². The van der Waals surface area contributed by atoms with Crippen LogP contribution in [-0.4, -0.2) is 39.3 Å². The minimum absolute atomic E-state index is 0. The zero-order valence-electron chi connectivity index (χ0n) is 11.6. The Labute approximate surface area is 134 Å². The molecule has 0 atom stereocenters. The van der Waals surface area contributed by atoms with Crippen LogP contribution < -0.4 is 10.6 Å². The second-order valence-corrected chi connectivity index (χ2v) is 4.73. The molecule has 0 bridgehead atoms. The van der Waals surface area contributed by atoms with Crippen LogP contribution in [-0.2, 0) is 4.74 Å². The normalized spacial score (nSPS) is 10.4. The molecule has 1 aromatic heterocycles. The monoisotopic (exact) mass is 332 g/mol. The van der Waals surface area contributed by atoms with Crippen molar-refractivity contribution in [1.29, 1.82) is 0 Å². The Balaban J connectivity index is 0.00000220. The third kappa shape index (κ3) is 5.21. The Morgan fingerprint density at radius 3 is 2.86 bits per heavy atom. The number of carbonyl (C=O) groups excluding carboxylic acids is 1. The van der Waals surface area contributed by atoms with Gasteiger partial charge in [0.25, 0.3) is 5.91 Å². The van der Waals surface area contributed by atoms with Crippen molar-refractivity contribution >= 4 is 40.9 Å². The Kier molecular flexibility index (Phi) is 7.53. The highest BCUT2D eigenvalue weighted by atomic mass is 35.5. The summed E-state index contributed by atoms with van der Waals surface area (Å²) in [6.45, 7) is 2.62. The first-order chi connectivity index (χ1) is 9.70. The van der Waals surface area contributed by atoms with Crippen molar-refractivity contribution in [1.82, 2.24) is 10.6 Å². The van der Waals surface area contributed by atoms with Crippen molar-refractivity contribution in [2.45, 2.75) is 0 Å². The SMILES string of the molecule is COCCNCCNC(=O)c1cc2cc(Cl)ccc2o1.Cl. The fourth-order valence-electron chi connectivity index (χ4n) is 1.78. The Bertz CT molecular complexity index is 587. The van der Waals surface area contributed by atoms with Gasteiger partial charge in [0.15, 0.2) is 5.76 Å². The number of methoxy groups -OCH3 is 1. The van der Waals surface area contributed by atoms with E-state index in [-0.39, 0.29) is 18.3 Å². The third-order valence-corrected chi connectivity index (χ3v) is 3.01. The maximum atomic E-state index is 11.9. The number of benzene rings is 1. The number of furan rings is 1. The average Bonchev–Trinajstić information content (AvgIpc) is 2.85. The van der Waals surface area contributed by atoms with Crippen molar-refractivity contribution in [2.24, 2.45) is 0 Å². The number of halogens is 2. The summed E-state index contributed by atoms with van der Waals surface area (Å²) in [5, 5.41) is 7.36. The summed E-state index contributed by atoms with van der Waals surface area (Å²) in [7, 11) is 1.65. The molecule has 21 heavy (non-hydrogen) atoms. The van der Waals surface area contributed by atoms with Gasteiger partial charge in [0.05, 0.1) is 6.61 Å². The van der Waals surface area contributed by atoms with Gasteiger partial charge in [-0.05, 0) is 24.3 Å². The highest BCUT2D eigenvalue weighted by Gasteiger charge is 2.11. The van der Waals surface area contributed by atoms with E-state index < -0.39 is 0 Å². The van der Waals surface area contributed by atoms with Gasteiger partial charge in [-0.25, -0.2) is 0 Å². The Morgan fingerprint density at radius 1 is 1.29 bits per heavy atom. The topological polar surface area (TPSA) is 63.5 Å². The van der Waals surface area contributed by atoms with Crippen LogP contribution in [0.5, 0.6) is 0 Å². The lowest BCUT2D eigenvalue weighted by Crippen LogP contribution is -2.32. The lowest BCUT2D eigenvalue weighted by Gasteiger charge is -2.04. The van der Waals surface area contributed by atoms with Crippen LogP contribution in [0.15, 0.2) is 28.7 Å². The van der Waals surface area contributed by atoms with Crippen molar-refractivity contribution in [3.8, 4) is 0 Å². The molecule has 1 heterocycles. The lowest BCUT2D eigenvalue weighted by molar-refractivity contribution is 0.0928. The van der Waals surface area contributed by atoms with Crippen LogP contribution in [0.4, 0.5) is 0 Å². The highest BCUT2D eigenvalue weighted by Crippen LogP contribution is 2.22. The number of amides is 1. The van der Waals surface area contributed by atoms with E-state index in [1.807, 2.05) is 0 Å². The van der Waals surface area contributed by atoms with Crippen LogP contribution in [0, 0.1) is 0 Å². The molecule has 2 N–H and O–H groups in total. The van der Waals surface area contributed by atoms with E-state index in [9.17, 15) is 4.79 Å². The molecule has 0 aliphatic carbocycles. The number of nitrogens with one attached hydrogen (secondary N) is 2. The Hall–Kier alpha value is -1.27. The van der Waals surface area contributed by atoms with E-state index in [0.717, 1.165) is 11.9 Å². The standard InChI is InChI=1S/C14H17ClN2O3.ClH/c1-19-7-6-16-4-5-17-14(18)13-9-10-8-11(15)2-3-12(10)20-13;/h2-3,8-9,16H,4-7H2,1H3,(H,17,18);1H. The van der Waals surface area contributed by atoms with Crippen LogP contribution in [0.3, 0.4) is 0 Å². The third-order valence-electron chi connectivity index (χ3n) is 2.77. The van der Waals surface area contributed by atoms with Gasteiger partial charge in [-0.2, -0.15) is 0 Å². The number of ether oxygens (including phenoxy) is 1. The summed E-state index contributed by atoms with van der Waals surface area (Å²) in [6, 6.07) is 6.94. The van der Waals surface area contributed by atoms with E-state index in [1.54, 1.807) is 31.4 Å². The van der Waals surface area contributed by atoms with Crippen molar-refractivity contribution in [3.05, 3.63) is 35.0 Å². The van der Waals surface area contributed by atoms with Crippen LogP contribution in [0.25, 0.3) is 11.0 Å². The molecular weight excluding hydrogens is 315 g/mol. The van der Waals surface area contributed by atoms with Gasteiger partial charge in [-0.15, -0.1) is 12.4 Å². The number of rotatable bonds is 7. The molecule has 2 rings (SSSR count). The van der Waals surface area contributed by atoms with Gasteiger partial charge in [-0.3, -0.25) is 4.79 Å². The van der Waals surface area contributed by atoms with Gasteiger partial charge in [0, 0.05) is 37.2 Å². The van der Waals surface area contributed by atoms with Crippen LogP contribution in [0.1, 0.15) is 10.6 Å². The van der Waals surface area contributed by atoms with Crippen molar-refractivity contribution in [3.63, 3.8) is 0 Å². The highest BCUT2D eigenvalue weighted by molar-refractivity contribution is 6.31. The molecule has 0 aliphatic heterocycles. The molecule has 1 amide bonds. The number of fused-ring (bicyclic) bond motifs is 1. The average molecular weight is 333 g/mol. The second-order valence-electron chi connectivity index (χ2n) is 4.29. The molecule has 0 radical (unpaired) electrons. The number of carbonyl (C=O) groups is 1. The Morgan fingerprint density at radius 2 is 2.10 bits per heavy atom. The quantitative estimate of drug-likeness (QED) is 0.764. The van der Waals surface area contributed by atoms with Gasteiger partial charge >= 0.3 is 0 Å². The molecular formula is C14H18Cl2N2O3. The lowest BCUT2D eigenvalue weighted by atomic mass is 10.2. The summed E-state index contributed by atoms with van der Waals surface area (Å²) in [5.74, 6) is 0.0602. The molecule has 7 heteroatoms. The zero-order chi connectivity index (χ0) is 14.4. The molecule has 0 fully saturated rings.